The first-order chi connectivity index (χ1) is 13.2. The molecule has 0 bridgehead atoms. The minimum Gasteiger partial charge on any atom is -0.307 e. The zero-order chi connectivity index (χ0) is 20.1. The van der Waals surface area contributed by atoms with Gasteiger partial charge in [-0.2, -0.15) is 5.10 Å². The van der Waals surface area contributed by atoms with Crippen LogP contribution in [-0.4, -0.2) is 40.6 Å². The molecule has 1 saturated heterocycles. The number of sulfone groups is 1. The Labute approximate surface area is 167 Å². The number of aromatic nitrogens is 3. The summed E-state index contributed by atoms with van der Waals surface area (Å²) in [6.45, 7) is 3.58. The lowest BCUT2D eigenvalue weighted by atomic mass is 10.1. The van der Waals surface area contributed by atoms with Crippen LogP contribution in [0.2, 0.25) is 5.02 Å². The predicted molar refractivity (Wildman–Crippen MR) is 109 cm³/mol. The Morgan fingerprint density at radius 3 is 2.75 bits per heavy atom. The van der Waals surface area contributed by atoms with Gasteiger partial charge in [0.2, 0.25) is 0 Å². The zero-order valence-electron chi connectivity index (χ0n) is 15.4. The van der Waals surface area contributed by atoms with E-state index in [4.69, 9.17) is 11.6 Å². The minimum atomic E-state index is -3.06. The Balaban J connectivity index is 1.66. The van der Waals surface area contributed by atoms with E-state index in [1.807, 2.05) is 6.07 Å². The summed E-state index contributed by atoms with van der Waals surface area (Å²) in [7, 11) is -3.06. The first kappa shape index (κ1) is 18.9. The summed E-state index contributed by atoms with van der Waals surface area (Å²) in [4.78, 5) is 17.4. The molecule has 1 aromatic carbocycles. The van der Waals surface area contributed by atoms with Crippen LogP contribution in [0.1, 0.15) is 34.2 Å². The molecule has 3 aromatic rings. The second kappa shape index (κ2) is 6.86. The molecular formula is C19H19ClN4O3S. The van der Waals surface area contributed by atoms with E-state index in [0.717, 1.165) is 10.9 Å². The van der Waals surface area contributed by atoms with E-state index in [1.54, 1.807) is 42.8 Å². The number of benzene rings is 1. The molecular weight excluding hydrogens is 400 g/mol. The highest BCUT2D eigenvalue weighted by molar-refractivity contribution is 7.91. The first-order valence-electron chi connectivity index (χ1n) is 8.87. The molecule has 28 heavy (non-hydrogen) atoms. The zero-order valence-corrected chi connectivity index (χ0v) is 17.0. The van der Waals surface area contributed by atoms with Crippen molar-refractivity contribution < 1.29 is 13.2 Å². The van der Waals surface area contributed by atoms with Crippen molar-refractivity contribution in [2.45, 2.75) is 26.3 Å². The highest BCUT2D eigenvalue weighted by Crippen LogP contribution is 2.28. The summed E-state index contributed by atoms with van der Waals surface area (Å²) >= 11 is 6.05. The molecule has 3 heterocycles. The quantitative estimate of drug-likeness (QED) is 0.704. The molecule has 1 aliphatic heterocycles. The van der Waals surface area contributed by atoms with Crippen LogP contribution in [0.5, 0.6) is 0 Å². The number of amides is 1. The lowest BCUT2D eigenvalue weighted by Gasteiger charge is -2.14. The highest BCUT2D eigenvalue weighted by Gasteiger charge is 2.31. The van der Waals surface area contributed by atoms with Crippen molar-refractivity contribution in [2.75, 3.05) is 16.8 Å². The Bertz CT molecular complexity index is 1200. The molecule has 0 radical (unpaired) electrons. The summed E-state index contributed by atoms with van der Waals surface area (Å²) < 4.78 is 25.3. The van der Waals surface area contributed by atoms with E-state index in [0.29, 0.717) is 34.2 Å². The third-order valence-corrected chi connectivity index (χ3v) is 6.85. The Hall–Kier alpha value is -2.45. The van der Waals surface area contributed by atoms with Crippen molar-refractivity contribution >= 4 is 44.1 Å². The molecule has 2 aromatic heterocycles. The summed E-state index contributed by atoms with van der Waals surface area (Å²) in [5.74, 6) is 0.328. The number of carbonyl (C=O) groups is 1. The van der Waals surface area contributed by atoms with Crippen molar-refractivity contribution in [1.29, 1.82) is 0 Å². The van der Waals surface area contributed by atoms with Crippen LogP contribution in [-0.2, 0) is 9.84 Å². The van der Waals surface area contributed by atoms with E-state index in [9.17, 15) is 13.2 Å². The van der Waals surface area contributed by atoms with Gasteiger partial charge in [0.05, 0.1) is 40.0 Å². The Morgan fingerprint density at radius 2 is 2.04 bits per heavy atom. The van der Waals surface area contributed by atoms with E-state index in [-0.39, 0.29) is 23.5 Å². The predicted octanol–water partition coefficient (Wildman–Crippen LogP) is 3.31. The average Bonchev–Trinajstić information content (AvgIpc) is 3.16. The largest absolute Gasteiger partial charge is 0.307 e. The van der Waals surface area contributed by atoms with Crippen molar-refractivity contribution in [3.05, 3.63) is 52.3 Å². The number of anilines is 1. The van der Waals surface area contributed by atoms with Crippen LogP contribution in [0.3, 0.4) is 0 Å². The van der Waals surface area contributed by atoms with Crippen molar-refractivity contribution in [3.63, 3.8) is 0 Å². The number of hydrogen-bond acceptors (Lipinski definition) is 5. The molecule has 1 amide bonds. The highest BCUT2D eigenvalue weighted by atomic mass is 35.5. The molecule has 0 unspecified atom stereocenters. The molecule has 9 heteroatoms. The van der Waals surface area contributed by atoms with Crippen molar-refractivity contribution in [1.82, 2.24) is 14.8 Å². The number of hydrogen-bond donors (Lipinski definition) is 1. The molecule has 1 atom stereocenters. The maximum absolute atomic E-state index is 12.9. The van der Waals surface area contributed by atoms with Crippen molar-refractivity contribution in [2.24, 2.45) is 0 Å². The molecule has 146 valence electrons. The van der Waals surface area contributed by atoms with Gasteiger partial charge in [-0.05, 0) is 44.5 Å². The van der Waals surface area contributed by atoms with Crippen molar-refractivity contribution in [3.8, 4) is 0 Å². The summed E-state index contributed by atoms with van der Waals surface area (Å²) in [5, 5.41) is 8.60. The second-order valence-corrected chi connectivity index (χ2v) is 9.75. The Kier molecular flexibility index (Phi) is 4.63. The molecule has 1 fully saturated rings. The van der Waals surface area contributed by atoms with Gasteiger partial charge in [-0.15, -0.1) is 0 Å². The molecule has 1 N–H and O–H groups in total. The maximum Gasteiger partial charge on any atom is 0.258 e. The van der Waals surface area contributed by atoms with Crippen LogP contribution in [0.25, 0.3) is 10.9 Å². The molecule has 4 rings (SSSR count). The number of rotatable bonds is 3. The lowest BCUT2D eigenvalue weighted by molar-refractivity contribution is 0.102. The smallest absolute Gasteiger partial charge is 0.258 e. The first-order valence-corrected chi connectivity index (χ1v) is 11.1. The van der Waals surface area contributed by atoms with Gasteiger partial charge in [0.25, 0.3) is 5.91 Å². The minimum absolute atomic E-state index is 0.0338. The fourth-order valence-corrected chi connectivity index (χ4v) is 5.39. The summed E-state index contributed by atoms with van der Waals surface area (Å²) in [6.07, 6.45) is 0.487. The number of halogens is 1. The molecule has 1 aliphatic rings. The van der Waals surface area contributed by atoms with Gasteiger partial charge in [-0.25, -0.2) is 13.1 Å². The second-order valence-electron chi connectivity index (χ2n) is 7.08. The van der Waals surface area contributed by atoms with Gasteiger partial charge < -0.3 is 5.32 Å². The molecule has 0 spiro atoms. The van der Waals surface area contributed by atoms with Crippen LogP contribution >= 0.6 is 11.6 Å². The number of aryl methyl sites for hydroxylation is 2. The number of nitrogens with one attached hydrogen (secondary N) is 1. The van der Waals surface area contributed by atoms with Crippen LogP contribution in [0, 0.1) is 13.8 Å². The number of pyridine rings is 1. The fourth-order valence-electron chi connectivity index (χ4n) is 3.51. The monoisotopic (exact) mass is 418 g/mol. The van der Waals surface area contributed by atoms with E-state index < -0.39 is 9.84 Å². The van der Waals surface area contributed by atoms with E-state index in [1.165, 1.54) is 0 Å². The third-order valence-electron chi connectivity index (χ3n) is 4.87. The van der Waals surface area contributed by atoms with Crippen LogP contribution in [0.4, 0.5) is 5.82 Å². The third kappa shape index (κ3) is 3.62. The SMILES string of the molecule is Cc1cc(NC(=O)c2cc3cc(Cl)ccc3nc2C)n([C@@H]2CCS(=O)(=O)C2)n1. The van der Waals surface area contributed by atoms with Gasteiger partial charge in [0.15, 0.2) is 9.84 Å². The van der Waals surface area contributed by atoms with Gasteiger partial charge in [-0.3, -0.25) is 9.78 Å². The standard InChI is InChI=1S/C19H19ClN4O3S/c1-11-7-18(24(23-11)15-5-6-28(26,27)10-15)22-19(25)16-9-13-8-14(20)3-4-17(13)21-12(16)2/h3-4,7-9,15H,5-6,10H2,1-2H3,(H,22,25)/t15-/m1/s1. The van der Waals surface area contributed by atoms with Crippen LogP contribution in [0.15, 0.2) is 30.3 Å². The van der Waals surface area contributed by atoms with E-state index in [2.05, 4.69) is 15.4 Å². The normalized spacial score (nSPS) is 18.5. The number of fused-ring (bicyclic) bond motifs is 1. The molecule has 0 saturated carbocycles. The number of nitrogens with zero attached hydrogens (tertiary/aromatic N) is 3. The number of carbonyl (C=O) groups excluding carboxylic acids is 1. The lowest BCUT2D eigenvalue weighted by Crippen LogP contribution is -2.20. The van der Waals surface area contributed by atoms with Gasteiger partial charge in [0, 0.05) is 16.5 Å². The summed E-state index contributed by atoms with van der Waals surface area (Å²) in [6, 6.07) is 8.55. The summed E-state index contributed by atoms with van der Waals surface area (Å²) in [5.41, 5.74) is 2.49. The van der Waals surface area contributed by atoms with Gasteiger partial charge in [-0.1, -0.05) is 11.6 Å². The Morgan fingerprint density at radius 1 is 1.25 bits per heavy atom. The maximum atomic E-state index is 12.9. The molecule has 7 nitrogen and oxygen atoms in total. The average molecular weight is 419 g/mol. The molecule has 0 aliphatic carbocycles. The van der Waals surface area contributed by atoms with E-state index >= 15 is 0 Å². The topological polar surface area (TPSA) is 94.0 Å². The van der Waals surface area contributed by atoms with Crippen LogP contribution < -0.4 is 5.32 Å². The van der Waals surface area contributed by atoms with Gasteiger partial charge in [0.1, 0.15) is 5.82 Å². The fraction of sp³-hybridized carbons (Fsp3) is 0.316. The van der Waals surface area contributed by atoms with Gasteiger partial charge >= 0.3 is 0 Å².